The van der Waals surface area contributed by atoms with Crippen molar-refractivity contribution < 1.29 is 4.79 Å². The number of hydrogen-bond acceptors (Lipinski definition) is 7. The number of carbonyl (C=O) groups excluding carboxylic acids is 1. The predicted molar refractivity (Wildman–Crippen MR) is 82.4 cm³/mol. The van der Waals surface area contributed by atoms with Crippen LogP contribution in [0.15, 0.2) is 30.5 Å². The third kappa shape index (κ3) is 2.64. The number of nitrogens with one attached hydrogen (secondary N) is 2. The van der Waals surface area contributed by atoms with E-state index in [9.17, 15) is 4.79 Å². The van der Waals surface area contributed by atoms with Crippen molar-refractivity contribution in [3.8, 4) is 0 Å². The first-order chi connectivity index (χ1) is 10.2. The molecule has 1 amide bonds. The molecule has 0 saturated heterocycles. The minimum atomic E-state index is -0.388. The molecule has 0 aliphatic heterocycles. The Morgan fingerprint density at radius 3 is 2.81 bits per heavy atom. The van der Waals surface area contributed by atoms with Gasteiger partial charge in [0.25, 0.3) is 5.91 Å². The van der Waals surface area contributed by atoms with E-state index in [0.717, 1.165) is 11.7 Å². The molecular weight excluding hydrogens is 312 g/mol. The molecule has 106 valence electrons. The number of amides is 1. The van der Waals surface area contributed by atoms with Gasteiger partial charge in [-0.15, -0.1) is 0 Å². The fourth-order valence-electron chi connectivity index (χ4n) is 1.74. The first-order valence-corrected chi connectivity index (χ1v) is 6.94. The van der Waals surface area contributed by atoms with E-state index in [1.165, 1.54) is 6.20 Å². The molecule has 0 radical (unpaired) electrons. The molecule has 0 aliphatic carbocycles. The second-order valence-electron chi connectivity index (χ2n) is 4.08. The fourth-order valence-corrected chi connectivity index (χ4v) is 2.48. The monoisotopic (exact) mass is 320 g/mol. The summed E-state index contributed by atoms with van der Waals surface area (Å²) in [5.41, 5.74) is 4.95. The summed E-state index contributed by atoms with van der Waals surface area (Å²) in [4.78, 5) is 16.2. The minimum Gasteiger partial charge on any atom is -0.323 e. The average Bonchev–Trinajstić information content (AvgIpc) is 2.99. The summed E-state index contributed by atoms with van der Waals surface area (Å²) < 4.78 is 8.24. The van der Waals surface area contributed by atoms with Crippen LogP contribution in [0.4, 0.5) is 11.4 Å². The van der Waals surface area contributed by atoms with Crippen molar-refractivity contribution >= 4 is 51.6 Å². The van der Waals surface area contributed by atoms with Crippen molar-refractivity contribution in [1.29, 1.82) is 0 Å². The van der Waals surface area contributed by atoms with Crippen LogP contribution in [0, 0.1) is 0 Å². The molecule has 0 aliphatic rings. The van der Waals surface area contributed by atoms with Gasteiger partial charge in [0.05, 0.1) is 34.3 Å². The fraction of sp³-hybridized carbons (Fsp3) is 0. The molecule has 7 nitrogen and oxygen atoms in total. The molecule has 0 atom stereocenters. The summed E-state index contributed by atoms with van der Waals surface area (Å²) in [7, 11) is 0. The number of benzene rings is 1. The number of hydrazine groups is 1. The lowest BCUT2D eigenvalue weighted by Crippen LogP contribution is -2.15. The average molecular weight is 321 g/mol. The molecule has 4 N–H and O–H groups in total. The Hall–Kier alpha value is -2.29. The molecule has 0 unspecified atom stereocenters. The number of halogens is 1. The lowest BCUT2D eigenvalue weighted by molar-refractivity contribution is 0.102. The molecule has 0 bridgehead atoms. The zero-order valence-corrected chi connectivity index (χ0v) is 12.1. The summed E-state index contributed by atoms with van der Waals surface area (Å²) >= 11 is 7.17. The molecule has 21 heavy (non-hydrogen) atoms. The van der Waals surface area contributed by atoms with Gasteiger partial charge in [-0.3, -0.25) is 10.6 Å². The molecule has 9 heteroatoms. The van der Waals surface area contributed by atoms with Gasteiger partial charge in [-0.25, -0.2) is 4.98 Å². The standard InChI is InChI=1S/C12H9ClN6OS/c13-7-2-4-8-11(19-21-18-8)10(7)16-12(20)9-3-1-6(17-14)5-15-9/h1-5,17H,14H2,(H,16,20). The van der Waals surface area contributed by atoms with Crippen molar-refractivity contribution in [2.45, 2.75) is 0 Å². The first-order valence-electron chi connectivity index (χ1n) is 5.84. The summed E-state index contributed by atoms with van der Waals surface area (Å²) in [6, 6.07) is 6.61. The number of rotatable bonds is 3. The van der Waals surface area contributed by atoms with E-state index >= 15 is 0 Å². The molecular formula is C12H9ClN6OS. The van der Waals surface area contributed by atoms with Crippen molar-refractivity contribution in [2.75, 3.05) is 10.7 Å². The Kier molecular flexibility index (Phi) is 3.65. The van der Waals surface area contributed by atoms with Gasteiger partial charge < -0.3 is 10.7 Å². The number of nitrogen functional groups attached to an aromatic ring is 1. The van der Waals surface area contributed by atoms with Crippen LogP contribution in [0.25, 0.3) is 11.0 Å². The second kappa shape index (κ2) is 5.60. The highest BCUT2D eigenvalue weighted by Gasteiger charge is 2.14. The Morgan fingerprint density at radius 2 is 2.10 bits per heavy atom. The second-order valence-corrected chi connectivity index (χ2v) is 5.02. The van der Waals surface area contributed by atoms with Gasteiger partial charge in [-0.05, 0) is 24.3 Å². The maximum atomic E-state index is 12.2. The van der Waals surface area contributed by atoms with Crippen molar-refractivity contribution in [3.05, 3.63) is 41.2 Å². The topological polar surface area (TPSA) is 106 Å². The van der Waals surface area contributed by atoms with Gasteiger partial charge in [-0.1, -0.05) is 11.6 Å². The van der Waals surface area contributed by atoms with E-state index in [0.29, 0.717) is 27.4 Å². The normalized spacial score (nSPS) is 10.6. The van der Waals surface area contributed by atoms with Crippen LogP contribution in [-0.4, -0.2) is 19.6 Å². The Bertz CT molecular complexity index is 803. The highest BCUT2D eigenvalue weighted by molar-refractivity contribution is 7.00. The Morgan fingerprint density at radius 1 is 1.24 bits per heavy atom. The molecule has 1 aromatic carbocycles. The van der Waals surface area contributed by atoms with Gasteiger partial charge >= 0.3 is 0 Å². The predicted octanol–water partition coefficient (Wildman–Crippen LogP) is 2.28. The summed E-state index contributed by atoms with van der Waals surface area (Å²) in [6.45, 7) is 0. The molecule has 0 spiro atoms. The van der Waals surface area contributed by atoms with E-state index in [-0.39, 0.29) is 11.6 Å². The number of nitrogens with zero attached hydrogens (tertiary/aromatic N) is 3. The van der Waals surface area contributed by atoms with E-state index in [1.807, 2.05) is 0 Å². The van der Waals surface area contributed by atoms with Gasteiger partial charge in [-0.2, -0.15) is 8.75 Å². The van der Waals surface area contributed by atoms with Crippen LogP contribution in [0.1, 0.15) is 10.5 Å². The number of carbonyl (C=O) groups is 1. The van der Waals surface area contributed by atoms with Crippen LogP contribution >= 0.6 is 23.3 Å². The number of aromatic nitrogens is 3. The summed E-state index contributed by atoms with van der Waals surface area (Å²) in [5.74, 6) is 4.86. The molecule has 0 saturated carbocycles. The largest absolute Gasteiger partial charge is 0.323 e. The molecule has 2 aromatic heterocycles. The number of anilines is 2. The number of fused-ring (bicyclic) bond motifs is 1. The summed E-state index contributed by atoms with van der Waals surface area (Å²) in [5, 5.41) is 3.10. The number of pyridine rings is 1. The van der Waals surface area contributed by atoms with Gasteiger partial charge in [0.2, 0.25) is 0 Å². The number of hydrogen-bond donors (Lipinski definition) is 3. The van der Waals surface area contributed by atoms with Crippen LogP contribution < -0.4 is 16.6 Å². The Balaban J connectivity index is 1.92. The van der Waals surface area contributed by atoms with E-state index in [2.05, 4.69) is 24.5 Å². The number of nitrogens with two attached hydrogens (primary N) is 1. The molecule has 3 aromatic rings. The third-order valence-corrected chi connectivity index (χ3v) is 3.64. The van der Waals surface area contributed by atoms with Crippen LogP contribution in [0.5, 0.6) is 0 Å². The Labute approximate surface area is 128 Å². The zero-order valence-electron chi connectivity index (χ0n) is 10.5. The maximum absolute atomic E-state index is 12.2. The van der Waals surface area contributed by atoms with Gasteiger partial charge in [0, 0.05) is 0 Å². The van der Waals surface area contributed by atoms with Gasteiger partial charge in [0.15, 0.2) is 0 Å². The van der Waals surface area contributed by atoms with E-state index < -0.39 is 0 Å². The quantitative estimate of drug-likeness (QED) is 0.505. The molecule has 3 rings (SSSR count). The lowest BCUT2D eigenvalue weighted by Gasteiger charge is -2.07. The van der Waals surface area contributed by atoms with E-state index in [1.54, 1.807) is 24.3 Å². The smallest absolute Gasteiger partial charge is 0.274 e. The molecule has 2 heterocycles. The van der Waals surface area contributed by atoms with Crippen molar-refractivity contribution in [2.24, 2.45) is 5.84 Å². The molecule has 0 fully saturated rings. The van der Waals surface area contributed by atoms with Gasteiger partial charge in [0.1, 0.15) is 16.7 Å². The highest BCUT2D eigenvalue weighted by atomic mass is 35.5. The maximum Gasteiger partial charge on any atom is 0.274 e. The van der Waals surface area contributed by atoms with Crippen molar-refractivity contribution in [1.82, 2.24) is 13.7 Å². The highest BCUT2D eigenvalue weighted by Crippen LogP contribution is 2.30. The summed E-state index contributed by atoms with van der Waals surface area (Å²) in [6.07, 6.45) is 1.46. The third-order valence-electron chi connectivity index (χ3n) is 2.78. The zero-order chi connectivity index (χ0) is 14.8. The van der Waals surface area contributed by atoms with Crippen LogP contribution in [0.2, 0.25) is 5.02 Å². The minimum absolute atomic E-state index is 0.241. The lowest BCUT2D eigenvalue weighted by atomic mass is 10.2. The van der Waals surface area contributed by atoms with Crippen LogP contribution in [-0.2, 0) is 0 Å². The van der Waals surface area contributed by atoms with Crippen molar-refractivity contribution in [3.63, 3.8) is 0 Å². The first kappa shape index (κ1) is 13.7. The van der Waals surface area contributed by atoms with E-state index in [4.69, 9.17) is 17.4 Å². The van der Waals surface area contributed by atoms with Crippen LogP contribution in [0.3, 0.4) is 0 Å². The SMILES string of the molecule is NNc1ccc(C(=O)Nc2c(Cl)ccc3nsnc23)nc1.